The van der Waals surface area contributed by atoms with Gasteiger partial charge in [-0.2, -0.15) is 0 Å². The summed E-state index contributed by atoms with van der Waals surface area (Å²) in [5.74, 6) is 1.76. The molecule has 0 atom stereocenters. The molecule has 3 rings (SSSR count). The van der Waals surface area contributed by atoms with Crippen LogP contribution in [0.15, 0.2) is 36.4 Å². The van der Waals surface area contributed by atoms with Crippen LogP contribution < -0.4 is 14.2 Å². The van der Waals surface area contributed by atoms with Crippen molar-refractivity contribution in [1.29, 1.82) is 0 Å². The topological polar surface area (TPSA) is 48.0 Å². The van der Waals surface area contributed by atoms with Gasteiger partial charge in [-0.05, 0) is 35.9 Å². The van der Waals surface area contributed by atoms with E-state index in [4.69, 9.17) is 25.8 Å². The van der Waals surface area contributed by atoms with Crippen LogP contribution in [-0.2, 0) is 6.54 Å². The van der Waals surface area contributed by atoms with Gasteiger partial charge in [0.25, 0.3) is 5.91 Å². The van der Waals surface area contributed by atoms with Crippen molar-refractivity contribution >= 4 is 17.5 Å². The lowest BCUT2D eigenvalue weighted by atomic mass is 10.1. The summed E-state index contributed by atoms with van der Waals surface area (Å²) in [6.07, 6.45) is 0. The minimum atomic E-state index is -0.0974. The molecule has 2 aromatic rings. The number of ether oxygens (including phenoxy) is 3. The molecule has 0 saturated carbocycles. The lowest BCUT2D eigenvalue weighted by molar-refractivity contribution is 0.0743. The molecule has 0 bridgehead atoms. The van der Waals surface area contributed by atoms with Crippen molar-refractivity contribution in [2.24, 2.45) is 0 Å². The Morgan fingerprint density at radius 1 is 1.12 bits per heavy atom. The van der Waals surface area contributed by atoms with Gasteiger partial charge >= 0.3 is 0 Å². The first-order valence-electron chi connectivity index (χ1n) is 7.55. The number of carbonyl (C=O) groups excluding carboxylic acids is 1. The number of fused-ring (bicyclic) bond motifs is 1. The maximum atomic E-state index is 12.8. The summed E-state index contributed by atoms with van der Waals surface area (Å²) in [7, 11) is 3.18. The van der Waals surface area contributed by atoms with Crippen LogP contribution in [0.1, 0.15) is 15.9 Å². The Balaban J connectivity index is 1.86. The van der Waals surface area contributed by atoms with Crippen molar-refractivity contribution in [3.05, 3.63) is 52.5 Å². The van der Waals surface area contributed by atoms with Crippen molar-refractivity contribution in [2.45, 2.75) is 6.54 Å². The second-order valence-corrected chi connectivity index (χ2v) is 5.84. The molecule has 0 fully saturated rings. The molecule has 0 unspecified atom stereocenters. The van der Waals surface area contributed by atoms with Crippen LogP contribution >= 0.6 is 11.6 Å². The third-order valence-electron chi connectivity index (χ3n) is 3.90. The summed E-state index contributed by atoms with van der Waals surface area (Å²) in [6.45, 7) is 1.39. The van der Waals surface area contributed by atoms with Gasteiger partial charge in [-0.15, -0.1) is 0 Å². The molecule has 6 heteroatoms. The third-order valence-corrected chi connectivity index (χ3v) is 4.13. The Bertz CT molecular complexity index is 763. The van der Waals surface area contributed by atoms with Gasteiger partial charge < -0.3 is 19.1 Å². The summed E-state index contributed by atoms with van der Waals surface area (Å²) >= 11 is 6.02. The highest BCUT2D eigenvalue weighted by Crippen LogP contribution is 2.30. The quantitative estimate of drug-likeness (QED) is 0.850. The molecule has 1 aliphatic heterocycles. The van der Waals surface area contributed by atoms with Gasteiger partial charge in [0, 0.05) is 11.6 Å². The monoisotopic (exact) mass is 347 g/mol. The summed E-state index contributed by atoms with van der Waals surface area (Å²) < 4.78 is 16.2. The van der Waals surface area contributed by atoms with Crippen LogP contribution in [0.25, 0.3) is 0 Å². The molecule has 1 amide bonds. The average Bonchev–Trinajstić information content (AvgIpc) is 2.74. The maximum Gasteiger partial charge on any atom is 0.258 e. The third kappa shape index (κ3) is 3.26. The van der Waals surface area contributed by atoms with Crippen LogP contribution in [0.2, 0.25) is 5.02 Å². The van der Waals surface area contributed by atoms with Gasteiger partial charge in [0.05, 0.1) is 26.3 Å². The van der Waals surface area contributed by atoms with Crippen molar-refractivity contribution in [3.63, 3.8) is 0 Å². The fourth-order valence-electron chi connectivity index (χ4n) is 2.68. The van der Waals surface area contributed by atoms with Gasteiger partial charge in [0.15, 0.2) is 11.5 Å². The van der Waals surface area contributed by atoms with E-state index >= 15 is 0 Å². The number of benzene rings is 2. The van der Waals surface area contributed by atoms with Crippen LogP contribution in [0.4, 0.5) is 0 Å². The van der Waals surface area contributed by atoms with Crippen molar-refractivity contribution in [1.82, 2.24) is 4.90 Å². The molecule has 0 spiro atoms. The number of halogens is 1. The predicted molar refractivity (Wildman–Crippen MR) is 91.2 cm³/mol. The molecule has 0 aliphatic carbocycles. The van der Waals surface area contributed by atoms with E-state index < -0.39 is 0 Å². The largest absolute Gasteiger partial charge is 0.493 e. The number of nitrogens with zero attached hydrogens (tertiary/aromatic N) is 1. The van der Waals surface area contributed by atoms with E-state index in [0.717, 1.165) is 5.56 Å². The summed E-state index contributed by atoms with van der Waals surface area (Å²) in [5.41, 5.74) is 1.44. The molecule has 1 heterocycles. The van der Waals surface area contributed by atoms with Gasteiger partial charge in [0.1, 0.15) is 12.4 Å². The zero-order chi connectivity index (χ0) is 17.1. The Morgan fingerprint density at radius 2 is 1.92 bits per heavy atom. The first-order chi connectivity index (χ1) is 11.6. The molecule has 0 saturated heterocycles. The molecule has 2 aromatic carbocycles. The van der Waals surface area contributed by atoms with Crippen molar-refractivity contribution < 1.29 is 19.0 Å². The second-order valence-electron chi connectivity index (χ2n) is 5.40. The lowest BCUT2D eigenvalue weighted by Crippen LogP contribution is -2.31. The Kier molecular flexibility index (Phi) is 4.81. The van der Waals surface area contributed by atoms with Gasteiger partial charge in [-0.25, -0.2) is 0 Å². The molecule has 0 aromatic heterocycles. The number of carbonyl (C=O) groups is 1. The van der Waals surface area contributed by atoms with Gasteiger partial charge in [-0.3, -0.25) is 4.79 Å². The minimum absolute atomic E-state index is 0.0974. The molecule has 126 valence electrons. The molecule has 5 nitrogen and oxygen atoms in total. The highest BCUT2D eigenvalue weighted by Gasteiger charge is 2.24. The number of methoxy groups -OCH3 is 2. The van der Waals surface area contributed by atoms with E-state index in [1.807, 2.05) is 18.2 Å². The van der Waals surface area contributed by atoms with E-state index in [9.17, 15) is 4.79 Å². The average molecular weight is 348 g/mol. The maximum absolute atomic E-state index is 12.8. The van der Waals surface area contributed by atoms with Crippen LogP contribution in [0, 0.1) is 0 Å². The Morgan fingerprint density at radius 3 is 2.67 bits per heavy atom. The molecular weight excluding hydrogens is 330 g/mol. The standard InChI is InChI=1S/C18H18ClNO4/c1-22-16-5-3-12(9-17(16)23-2)11-20-7-8-24-15-6-4-13(19)10-14(15)18(20)21/h3-6,9-10H,7-8,11H2,1-2H3. The van der Waals surface area contributed by atoms with E-state index in [1.165, 1.54) is 0 Å². The van der Waals surface area contributed by atoms with Crippen LogP contribution in [0.3, 0.4) is 0 Å². The normalized spacial score (nSPS) is 13.8. The molecule has 24 heavy (non-hydrogen) atoms. The molecule has 0 radical (unpaired) electrons. The summed E-state index contributed by atoms with van der Waals surface area (Å²) in [5, 5.41) is 0.513. The van der Waals surface area contributed by atoms with Crippen LogP contribution in [-0.4, -0.2) is 38.2 Å². The second kappa shape index (κ2) is 7.01. The number of hydrogen-bond donors (Lipinski definition) is 0. The zero-order valence-corrected chi connectivity index (χ0v) is 14.3. The Labute approximate surface area is 145 Å². The fourth-order valence-corrected chi connectivity index (χ4v) is 2.86. The molecule has 0 N–H and O–H groups in total. The zero-order valence-electron chi connectivity index (χ0n) is 13.5. The van der Waals surface area contributed by atoms with Crippen LogP contribution in [0.5, 0.6) is 17.2 Å². The van der Waals surface area contributed by atoms with Crippen molar-refractivity contribution in [2.75, 3.05) is 27.4 Å². The number of amides is 1. The minimum Gasteiger partial charge on any atom is -0.493 e. The highest BCUT2D eigenvalue weighted by atomic mass is 35.5. The van der Waals surface area contributed by atoms with E-state index in [-0.39, 0.29) is 5.91 Å². The summed E-state index contributed by atoms with van der Waals surface area (Å²) in [6, 6.07) is 10.7. The van der Waals surface area contributed by atoms with Gasteiger partial charge in [0.2, 0.25) is 0 Å². The van der Waals surface area contributed by atoms with E-state index in [0.29, 0.717) is 47.5 Å². The van der Waals surface area contributed by atoms with E-state index in [1.54, 1.807) is 37.3 Å². The smallest absolute Gasteiger partial charge is 0.258 e. The Hall–Kier alpha value is -2.40. The molecular formula is C18H18ClNO4. The predicted octanol–water partition coefficient (Wildman–Crippen LogP) is 3.39. The first-order valence-corrected chi connectivity index (χ1v) is 7.92. The lowest BCUT2D eigenvalue weighted by Gasteiger charge is -2.20. The van der Waals surface area contributed by atoms with Crippen molar-refractivity contribution in [3.8, 4) is 17.2 Å². The first kappa shape index (κ1) is 16.5. The van der Waals surface area contributed by atoms with E-state index in [2.05, 4.69) is 0 Å². The number of rotatable bonds is 4. The van der Waals surface area contributed by atoms with Gasteiger partial charge in [-0.1, -0.05) is 17.7 Å². The number of hydrogen-bond acceptors (Lipinski definition) is 4. The SMILES string of the molecule is COc1ccc(CN2CCOc3ccc(Cl)cc3C2=O)cc1OC. The summed E-state index contributed by atoms with van der Waals surface area (Å²) in [4.78, 5) is 14.5. The molecule has 1 aliphatic rings. The highest BCUT2D eigenvalue weighted by molar-refractivity contribution is 6.31. The fraction of sp³-hybridized carbons (Fsp3) is 0.278.